The van der Waals surface area contributed by atoms with Gasteiger partial charge in [-0.2, -0.15) is 0 Å². The lowest BCUT2D eigenvalue weighted by Gasteiger charge is -2.32. The zero-order valence-corrected chi connectivity index (χ0v) is 23.9. The Morgan fingerprint density at radius 3 is 1.48 bits per heavy atom. The maximum absolute atomic E-state index is 10.7. The van der Waals surface area contributed by atoms with Gasteiger partial charge in [-0.1, -0.05) is 121 Å². The summed E-state index contributed by atoms with van der Waals surface area (Å²) in [4.78, 5) is 2.35. The van der Waals surface area contributed by atoms with Crippen molar-refractivity contribution >= 4 is 0 Å². The molecular formula is C36H41NO5. The largest absolute Gasteiger partial charge is 0.394 e. The zero-order valence-electron chi connectivity index (χ0n) is 23.9. The Morgan fingerprint density at radius 2 is 1.00 bits per heavy atom. The number of nitrogens with zero attached hydrogens (tertiary/aromatic N) is 1. The van der Waals surface area contributed by atoms with Gasteiger partial charge in [0.05, 0.1) is 45.2 Å². The lowest BCUT2D eigenvalue weighted by molar-refractivity contribution is -0.0890. The van der Waals surface area contributed by atoms with Gasteiger partial charge in [0.25, 0.3) is 0 Å². The van der Waals surface area contributed by atoms with Gasteiger partial charge in [0.2, 0.25) is 0 Å². The molecule has 1 heterocycles. The van der Waals surface area contributed by atoms with Crippen molar-refractivity contribution in [1.29, 1.82) is 0 Å². The Bertz CT molecular complexity index is 1290. The van der Waals surface area contributed by atoms with Gasteiger partial charge in [-0.25, -0.2) is 0 Å². The van der Waals surface area contributed by atoms with Crippen LogP contribution in [0.2, 0.25) is 0 Å². The number of rotatable bonds is 15. The van der Waals surface area contributed by atoms with Crippen LogP contribution in [0.5, 0.6) is 0 Å². The molecule has 5 rings (SSSR count). The number of aliphatic hydroxyl groups is 2. The highest BCUT2D eigenvalue weighted by Gasteiger charge is 2.50. The molecule has 42 heavy (non-hydrogen) atoms. The first-order valence-electron chi connectivity index (χ1n) is 14.7. The molecule has 1 fully saturated rings. The Balaban J connectivity index is 1.46. The minimum atomic E-state index is -0.880. The van der Waals surface area contributed by atoms with Gasteiger partial charge in [-0.05, 0) is 28.7 Å². The van der Waals surface area contributed by atoms with Gasteiger partial charge in [0.1, 0.15) is 12.2 Å². The molecule has 0 spiro atoms. The Kier molecular flexibility index (Phi) is 11.3. The standard InChI is InChI=1S/C36H41NO5/c38-23-32(39)21-33-35(41-25-30-17-9-3-10-18-30)36(42-26-31-19-11-4-12-20-31)34(27-40-24-29-15-7-2-8-16-29)37(33)22-28-13-5-1-6-14-28/h1-20,32-36,38-39H,21-27H2/t32-,33+,34+,35+,36+/m0/s1. The molecule has 0 unspecified atom stereocenters. The molecule has 1 aliphatic heterocycles. The minimum Gasteiger partial charge on any atom is -0.394 e. The summed E-state index contributed by atoms with van der Waals surface area (Å²) in [5.41, 5.74) is 4.41. The lowest BCUT2D eigenvalue weighted by Crippen LogP contribution is -2.43. The van der Waals surface area contributed by atoms with E-state index in [1.807, 2.05) is 72.8 Å². The van der Waals surface area contributed by atoms with Gasteiger partial charge in [0.15, 0.2) is 0 Å². The van der Waals surface area contributed by atoms with Crippen LogP contribution in [0.25, 0.3) is 0 Å². The second-order valence-electron chi connectivity index (χ2n) is 10.9. The summed E-state index contributed by atoms with van der Waals surface area (Å²) in [6, 6.07) is 40.4. The van der Waals surface area contributed by atoms with Crippen LogP contribution in [0.4, 0.5) is 0 Å². The Labute approximate surface area is 249 Å². The number of ether oxygens (including phenoxy) is 3. The van der Waals surface area contributed by atoms with Crippen molar-refractivity contribution < 1.29 is 24.4 Å². The van der Waals surface area contributed by atoms with Crippen LogP contribution in [0.1, 0.15) is 28.7 Å². The second-order valence-corrected chi connectivity index (χ2v) is 10.9. The SMILES string of the molecule is OC[C@@H](O)C[C@@H]1[C@@H](OCc2ccccc2)[C@H](OCc2ccccc2)[C@@H](COCc2ccccc2)N1Cc1ccccc1. The first-order chi connectivity index (χ1) is 20.7. The normalized spacial score (nSPS) is 21.4. The predicted octanol–water partition coefficient (Wildman–Crippen LogP) is 5.37. The maximum Gasteiger partial charge on any atom is 0.103 e. The van der Waals surface area contributed by atoms with Crippen molar-refractivity contribution in [2.75, 3.05) is 13.2 Å². The topological polar surface area (TPSA) is 71.4 Å². The third-order valence-electron chi connectivity index (χ3n) is 7.84. The summed E-state index contributed by atoms with van der Waals surface area (Å²) in [6.07, 6.45) is -1.22. The summed E-state index contributed by atoms with van der Waals surface area (Å²) in [5.74, 6) is 0. The third-order valence-corrected chi connectivity index (χ3v) is 7.84. The fourth-order valence-electron chi connectivity index (χ4n) is 5.72. The summed E-state index contributed by atoms with van der Waals surface area (Å²) in [6.45, 7) is 2.09. The molecule has 0 radical (unpaired) electrons. The van der Waals surface area contributed by atoms with Crippen molar-refractivity contribution in [2.45, 2.75) is 63.2 Å². The van der Waals surface area contributed by atoms with Crippen molar-refractivity contribution in [3.05, 3.63) is 144 Å². The molecule has 6 heteroatoms. The molecule has 6 nitrogen and oxygen atoms in total. The summed E-state index contributed by atoms with van der Waals surface area (Å²) >= 11 is 0. The summed E-state index contributed by atoms with van der Waals surface area (Å²) in [7, 11) is 0. The number of hydrogen-bond acceptors (Lipinski definition) is 6. The molecule has 1 saturated heterocycles. The number of hydrogen-bond donors (Lipinski definition) is 2. The van der Waals surface area contributed by atoms with E-state index in [4.69, 9.17) is 14.2 Å². The number of aliphatic hydroxyl groups excluding tert-OH is 2. The Hall–Kier alpha value is -3.36. The lowest BCUT2D eigenvalue weighted by atomic mass is 10.0. The molecule has 0 bridgehead atoms. The van der Waals surface area contributed by atoms with E-state index < -0.39 is 6.10 Å². The molecule has 2 N–H and O–H groups in total. The van der Waals surface area contributed by atoms with Crippen molar-refractivity contribution in [3.63, 3.8) is 0 Å². The molecule has 0 saturated carbocycles. The van der Waals surface area contributed by atoms with Gasteiger partial charge in [-0.15, -0.1) is 0 Å². The first kappa shape index (κ1) is 30.1. The van der Waals surface area contributed by atoms with Gasteiger partial charge >= 0.3 is 0 Å². The van der Waals surface area contributed by atoms with Crippen LogP contribution in [0.3, 0.4) is 0 Å². The van der Waals surface area contributed by atoms with Crippen LogP contribution < -0.4 is 0 Å². The molecule has 5 atom stereocenters. The molecule has 0 aliphatic carbocycles. The van der Waals surface area contributed by atoms with E-state index in [9.17, 15) is 10.2 Å². The average Bonchev–Trinajstić information content (AvgIpc) is 3.31. The molecule has 0 amide bonds. The Morgan fingerprint density at radius 1 is 0.571 bits per heavy atom. The van der Waals surface area contributed by atoms with Crippen molar-refractivity contribution in [2.24, 2.45) is 0 Å². The number of likely N-dealkylation sites (tertiary alicyclic amines) is 1. The van der Waals surface area contributed by atoms with Gasteiger partial charge in [-0.3, -0.25) is 4.90 Å². The highest BCUT2D eigenvalue weighted by Crippen LogP contribution is 2.35. The van der Waals surface area contributed by atoms with Crippen LogP contribution in [-0.2, 0) is 40.6 Å². The monoisotopic (exact) mass is 567 g/mol. The van der Waals surface area contributed by atoms with E-state index in [0.29, 0.717) is 39.4 Å². The second kappa shape index (κ2) is 15.8. The van der Waals surface area contributed by atoms with Crippen LogP contribution in [0.15, 0.2) is 121 Å². The maximum atomic E-state index is 10.7. The fraction of sp³-hybridized carbons (Fsp3) is 0.333. The highest BCUT2D eigenvalue weighted by molar-refractivity contribution is 5.19. The fourth-order valence-corrected chi connectivity index (χ4v) is 5.72. The zero-order chi connectivity index (χ0) is 29.0. The van der Waals surface area contributed by atoms with E-state index in [0.717, 1.165) is 22.3 Å². The van der Waals surface area contributed by atoms with E-state index in [1.54, 1.807) is 0 Å². The van der Waals surface area contributed by atoms with Gasteiger partial charge < -0.3 is 24.4 Å². The molecular weight excluding hydrogens is 526 g/mol. The van der Waals surface area contributed by atoms with Crippen molar-refractivity contribution in [3.8, 4) is 0 Å². The molecule has 4 aromatic rings. The third kappa shape index (κ3) is 8.35. The minimum absolute atomic E-state index is 0.144. The van der Waals surface area contributed by atoms with Crippen LogP contribution >= 0.6 is 0 Å². The van der Waals surface area contributed by atoms with E-state index in [-0.39, 0.29) is 30.9 Å². The van der Waals surface area contributed by atoms with E-state index in [2.05, 4.69) is 53.4 Å². The number of benzene rings is 4. The first-order valence-corrected chi connectivity index (χ1v) is 14.7. The summed E-state index contributed by atoms with van der Waals surface area (Å²) < 4.78 is 19.8. The van der Waals surface area contributed by atoms with Crippen LogP contribution in [0, 0.1) is 0 Å². The quantitative estimate of drug-likeness (QED) is 0.201. The smallest absolute Gasteiger partial charge is 0.103 e. The highest BCUT2D eigenvalue weighted by atomic mass is 16.5. The predicted molar refractivity (Wildman–Crippen MR) is 163 cm³/mol. The van der Waals surface area contributed by atoms with E-state index in [1.165, 1.54) is 0 Å². The molecule has 1 aliphatic rings. The van der Waals surface area contributed by atoms with Crippen LogP contribution in [-0.4, -0.2) is 58.7 Å². The molecule has 220 valence electrons. The van der Waals surface area contributed by atoms with E-state index >= 15 is 0 Å². The van der Waals surface area contributed by atoms with Gasteiger partial charge in [0, 0.05) is 12.6 Å². The average molecular weight is 568 g/mol. The summed E-state index contributed by atoms with van der Waals surface area (Å²) in [5, 5.41) is 20.6. The van der Waals surface area contributed by atoms with Crippen molar-refractivity contribution in [1.82, 2.24) is 4.90 Å². The molecule has 0 aromatic heterocycles. The molecule has 4 aromatic carbocycles.